The smallest absolute Gasteiger partial charge is 0.343 e. The van der Waals surface area contributed by atoms with Crippen LogP contribution in [0.4, 0.5) is 8.78 Å². The molecule has 0 N–H and O–H groups in total. The Morgan fingerprint density at radius 3 is 0.920 bits per heavy atom. The monoisotopic (exact) mass is 1200 g/mol. The van der Waals surface area contributed by atoms with Crippen molar-refractivity contribution in [2.45, 2.75) is 168 Å². The SMILES string of the molecule is CCCCCCCCCCCCCCOc1ccc(-c2ccc(C(=O)Oc3ccc(C(=O)Oc4cccc(OC(=O)c5ccc(OC(=O)c6ccc(-c7ccc(OCCCCCCCCCCCCCC)cc7)cc6)c(F)c5)c4C#N)cc3F)cc2)cc1. The summed E-state index contributed by atoms with van der Waals surface area (Å²) in [6.07, 6.45) is 30.8. The Labute approximate surface area is 518 Å². The maximum atomic E-state index is 15.4. The maximum Gasteiger partial charge on any atom is 0.343 e. The van der Waals surface area contributed by atoms with Crippen molar-refractivity contribution in [2.24, 2.45) is 0 Å². The molecule has 0 amide bonds. The van der Waals surface area contributed by atoms with Gasteiger partial charge in [0.2, 0.25) is 0 Å². The number of carbonyl (C=O) groups is 4. The summed E-state index contributed by atoms with van der Waals surface area (Å²) < 4.78 is 64.2. The van der Waals surface area contributed by atoms with Crippen LogP contribution in [0, 0.1) is 23.0 Å². The number of nitriles is 1. The molecule has 0 saturated heterocycles. The molecular formula is C75H83F2NO10. The quantitative estimate of drug-likeness (QED) is 0.0207. The third-order valence-corrected chi connectivity index (χ3v) is 15.4. The van der Waals surface area contributed by atoms with Gasteiger partial charge in [0.15, 0.2) is 34.6 Å². The van der Waals surface area contributed by atoms with Gasteiger partial charge in [0.1, 0.15) is 23.1 Å². The number of ether oxygens (including phenoxy) is 6. The van der Waals surface area contributed by atoms with Gasteiger partial charge in [-0.25, -0.2) is 28.0 Å². The highest BCUT2D eigenvalue weighted by Gasteiger charge is 2.22. The third kappa shape index (κ3) is 22.0. The molecule has 0 aromatic heterocycles. The minimum Gasteiger partial charge on any atom is -0.494 e. The number of hydrogen-bond donors (Lipinski definition) is 0. The van der Waals surface area contributed by atoms with Gasteiger partial charge in [-0.2, -0.15) is 5.26 Å². The van der Waals surface area contributed by atoms with Gasteiger partial charge in [-0.3, -0.25) is 0 Å². The zero-order valence-electron chi connectivity index (χ0n) is 51.1. The van der Waals surface area contributed by atoms with E-state index in [1.165, 1.54) is 159 Å². The summed E-state index contributed by atoms with van der Waals surface area (Å²) in [5, 5.41) is 10.1. The molecule has 7 aromatic carbocycles. The first kappa shape index (κ1) is 66.9. The predicted molar refractivity (Wildman–Crippen MR) is 341 cm³/mol. The fraction of sp³-hybridized carbons (Fsp3) is 0.373. The van der Waals surface area contributed by atoms with Crippen molar-refractivity contribution < 1.29 is 56.4 Å². The molecule has 0 aliphatic heterocycles. The van der Waals surface area contributed by atoms with Gasteiger partial charge in [0.25, 0.3) is 0 Å². The second-order valence-electron chi connectivity index (χ2n) is 22.3. The van der Waals surface area contributed by atoms with Crippen LogP contribution in [0.1, 0.15) is 215 Å². The second kappa shape index (κ2) is 37.2. The Bertz CT molecular complexity index is 3120. The number of esters is 4. The summed E-state index contributed by atoms with van der Waals surface area (Å²) >= 11 is 0. The van der Waals surface area contributed by atoms with E-state index in [0.29, 0.717) is 13.2 Å². The van der Waals surface area contributed by atoms with Crippen LogP contribution in [0.5, 0.6) is 34.5 Å². The molecule has 0 aliphatic carbocycles. The Balaban J connectivity index is 0.816. The molecule has 0 saturated carbocycles. The van der Waals surface area contributed by atoms with Crippen molar-refractivity contribution in [3.63, 3.8) is 0 Å². The van der Waals surface area contributed by atoms with Gasteiger partial charge in [-0.15, -0.1) is 0 Å². The van der Waals surface area contributed by atoms with Gasteiger partial charge in [0, 0.05) is 0 Å². The summed E-state index contributed by atoms with van der Waals surface area (Å²) in [7, 11) is 0. The van der Waals surface area contributed by atoms with Gasteiger partial charge in [-0.05, 0) is 132 Å². The molecule has 0 atom stereocenters. The number of benzene rings is 7. The molecule has 0 heterocycles. The van der Waals surface area contributed by atoms with Gasteiger partial charge < -0.3 is 28.4 Å². The predicted octanol–water partition coefficient (Wildman–Crippen LogP) is 20.2. The van der Waals surface area contributed by atoms with Crippen LogP contribution >= 0.6 is 0 Å². The van der Waals surface area contributed by atoms with Gasteiger partial charge >= 0.3 is 23.9 Å². The van der Waals surface area contributed by atoms with Crippen molar-refractivity contribution >= 4 is 23.9 Å². The molecule has 0 unspecified atom stereocenters. The highest BCUT2D eigenvalue weighted by molar-refractivity contribution is 5.95. The lowest BCUT2D eigenvalue weighted by molar-refractivity contribution is 0.0716. The third-order valence-electron chi connectivity index (χ3n) is 15.4. The average molecular weight is 1200 g/mol. The van der Waals surface area contributed by atoms with E-state index in [9.17, 15) is 24.4 Å². The summed E-state index contributed by atoms with van der Waals surface area (Å²) in [6, 6.07) is 40.7. The van der Waals surface area contributed by atoms with Gasteiger partial charge in [0.05, 0.1) is 35.5 Å². The van der Waals surface area contributed by atoms with E-state index in [1.807, 2.05) is 54.6 Å². The standard InChI is InChI=1S/C75H83F2NO10/c1-3-5-7-9-11-13-15-17-19-21-23-25-50-83-63-44-38-57(39-45-63)55-30-34-59(35-31-55)72(79)87-70-48-42-61(52-66(70)76)74(81)85-68-28-27-29-69(65(68)54-78)86-75(82)62-43-49-71(67(77)53-62)88-73(80)60-36-32-56(33-37-60)58-40-46-64(47-41-58)84-51-26-24-22-20-18-16-14-12-10-8-6-4-2/h27-49,52-53H,3-26,50-51H2,1-2H3. The first-order valence-corrected chi connectivity index (χ1v) is 31.7. The summed E-state index contributed by atoms with van der Waals surface area (Å²) in [5.74, 6) is -5.81. The van der Waals surface area contributed by atoms with Crippen molar-refractivity contribution in [1.82, 2.24) is 0 Å². The molecule has 0 spiro atoms. The Hall–Kier alpha value is -8.63. The Morgan fingerprint density at radius 1 is 0.341 bits per heavy atom. The van der Waals surface area contributed by atoms with Crippen molar-refractivity contribution in [2.75, 3.05) is 13.2 Å². The lowest BCUT2D eigenvalue weighted by atomic mass is 10.0. The van der Waals surface area contributed by atoms with Crippen molar-refractivity contribution in [3.8, 4) is 62.8 Å². The minimum atomic E-state index is -1.08. The highest BCUT2D eigenvalue weighted by Crippen LogP contribution is 2.32. The average Bonchev–Trinajstić information content (AvgIpc) is 2.31. The lowest BCUT2D eigenvalue weighted by Crippen LogP contribution is -2.14. The molecule has 0 bridgehead atoms. The molecule has 13 heteroatoms. The zero-order chi connectivity index (χ0) is 62.1. The van der Waals surface area contributed by atoms with E-state index in [-0.39, 0.29) is 39.3 Å². The van der Waals surface area contributed by atoms with Crippen LogP contribution in [0.25, 0.3) is 22.3 Å². The highest BCUT2D eigenvalue weighted by atomic mass is 19.1. The van der Waals surface area contributed by atoms with Crippen LogP contribution in [-0.2, 0) is 0 Å². The minimum absolute atomic E-state index is 0.169. The first-order valence-electron chi connectivity index (χ1n) is 31.7. The van der Waals surface area contributed by atoms with E-state index in [0.717, 1.165) is 83.7 Å². The number of carbonyl (C=O) groups excluding carboxylic acids is 4. The second-order valence-corrected chi connectivity index (χ2v) is 22.3. The van der Waals surface area contributed by atoms with Crippen LogP contribution in [-0.4, -0.2) is 37.1 Å². The van der Waals surface area contributed by atoms with E-state index < -0.39 is 47.0 Å². The van der Waals surface area contributed by atoms with E-state index >= 15 is 8.78 Å². The van der Waals surface area contributed by atoms with Gasteiger partial charge in [-0.1, -0.05) is 210 Å². The molecule has 7 aromatic rings. The van der Waals surface area contributed by atoms with E-state index in [2.05, 4.69) is 13.8 Å². The van der Waals surface area contributed by atoms with E-state index in [4.69, 9.17) is 28.4 Å². The topological polar surface area (TPSA) is 147 Å². The largest absolute Gasteiger partial charge is 0.494 e. The molecule has 0 aliphatic rings. The fourth-order valence-electron chi connectivity index (χ4n) is 10.2. The molecule has 7 rings (SSSR count). The number of unbranched alkanes of at least 4 members (excludes halogenated alkanes) is 22. The molecule has 0 radical (unpaired) electrons. The maximum absolute atomic E-state index is 15.4. The number of halogens is 2. The summed E-state index contributed by atoms with van der Waals surface area (Å²) in [5.41, 5.74) is 2.95. The lowest BCUT2D eigenvalue weighted by Gasteiger charge is -2.12. The molecule has 11 nitrogen and oxygen atoms in total. The molecule has 88 heavy (non-hydrogen) atoms. The van der Waals surface area contributed by atoms with Crippen LogP contribution in [0.15, 0.2) is 152 Å². The zero-order valence-corrected chi connectivity index (χ0v) is 51.1. The molecule has 462 valence electrons. The molecule has 0 fully saturated rings. The summed E-state index contributed by atoms with van der Waals surface area (Å²) in [4.78, 5) is 52.7. The molecular weight excluding hydrogens is 1110 g/mol. The van der Waals surface area contributed by atoms with Crippen LogP contribution in [0.2, 0.25) is 0 Å². The van der Waals surface area contributed by atoms with E-state index in [1.54, 1.807) is 48.5 Å². The number of nitrogens with zero attached hydrogens (tertiary/aromatic N) is 1. The normalized spacial score (nSPS) is 10.9. The van der Waals surface area contributed by atoms with Crippen LogP contribution < -0.4 is 28.4 Å². The number of rotatable bonds is 38. The van der Waals surface area contributed by atoms with Crippen molar-refractivity contribution in [1.29, 1.82) is 5.26 Å². The number of hydrogen-bond acceptors (Lipinski definition) is 11. The summed E-state index contributed by atoms with van der Waals surface area (Å²) in [6.45, 7) is 5.83. The Kier molecular flexibility index (Phi) is 28.2. The van der Waals surface area contributed by atoms with Crippen molar-refractivity contribution in [3.05, 3.63) is 191 Å². The van der Waals surface area contributed by atoms with Crippen LogP contribution in [0.3, 0.4) is 0 Å². The fourth-order valence-corrected chi connectivity index (χ4v) is 10.2. The first-order chi connectivity index (χ1) is 43.0. The Morgan fingerprint density at radius 2 is 0.614 bits per heavy atom.